The predicted molar refractivity (Wildman–Crippen MR) is 135 cm³/mol. The van der Waals surface area contributed by atoms with Crippen molar-refractivity contribution < 1.29 is 48.2 Å². The molecule has 0 aliphatic carbocycles. The molecule has 4 fully saturated rings. The topological polar surface area (TPSA) is 146 Å². The Balaban J connectivity index is 1.22. The van der Waals surface area contributed by atoms with Crippen molar-refractivity contribution in [1.29, 1.82) is 0 Å². The van der Waals surface area contributed by atoms with Gasteiger partial charge in [0.25, 0.3) is 0 Å². The van der Waals surface area contributed by atoms with E-state index in [1.807, 2.05) is 58.0 Å². The zero-order chi connectivity index (χ0) is 27.9. The number of ether oxygens (including phenoxy) is 7. The van der Waals surface area contributed by atoms with Crippen LogP contribution in [-0.4, -0.2) is 102 Å². The van der Waals surface area contributed by atoms with Crippen LogP contribution >= 0.6 is 0 Å². The van der Waals surface area contributed by atoms with Gasteiger partial charge in [0, 0.05) is 20.0 Å². The number of nitrogens with one attached hydrogen (secondary N) is 2. The lowest BCUT2D eigenvalue weighted by atomic mass is 9.96. The Morgan fingerprint density at radius 2 is 1.51 bits per heavy atom. The van der Waals surface area contributed by atoms with E-state index in [0.717, 1.165) is 5.56 Å². The smallest absolute Gasteiger partial charge is 0.217 e. The highest BCUT2D eigenvalue weighted by Gasteiger charge is 2.60. The molecule has 4 heterocycles. The van der Waals surface area contributed by atoms with E-state index in [9.17, 15) is 15.0 Å². The van der Waals surface area contributed by atoms with Crippen molar-refractivity contribution >= 4 is 5.91 Å². The summed E-state index contributed by atoms with van der Waals surface area (Å²) in [6.45, 7) is 9.40. The Bertz CT molecular complexity index is 994. The second-order valence-corrected chi connectivity index (χ2v) is 11.4. The molecule has 10 atom stereocenters. The van der Waals surface area contributed by atoms with Crippen molar-refractivity contribution in [3.63, 3.8) is 0 Å². The molecule has 0 unspecified atom stereocenters. The summed E-state index contributed by atoms with van der Waals surface area (Å²) in [7, 11) is 0. The van der Waals surface area contributed by atoms with Crippen LogP contribution in [0.15, 0.2) is 30.3 Å². The molecule has 218 valence electrons. The van der Waals surface area contributed by atoms with Gasteiger partial charge in [-0.3, -0.25) is 4.79 Å². The van der Waals surface area contributed by atoms with Crippen LogP contribution in [0.4, 0.5) is 0 Å². The van der Waals surface area contributed by atoms with Crippen LogP contribution in [0.3, 0.4) is 0 Å². The molecule has 1 aromatic carbocycles. The summed E-state index contributed by atoms with van der Waals surface area (Å²) < 4.78 is 42.5. The molecule has 12 heteroatoms. The number of hydrogen-bond acceptors (Lipinski definition) is 11. The van der Waals surface area contributed by atoms with Crippen LogP contribution < -0.4 is 10.6 Å². The molecule has 0 spiro atoms. The number of aliphatic hydroxyl groups is 2. The highest BCUT2D eigenvalue weighted by molar-refractivity contribution is 5.73. The molecule has 4 aliphatic heterocycles. The van der Waals surface area contributed by atoms with Gasteiger partial charge in [-0.2, -0.15) is 0 Å². The average molecular weight is 553 g/mol. The third-order valence-corrected chi connectivity index (χ3v) is 7.27. The van der Waals surface area contributed by atoms with Crippen LogP contribution in [-0.2, 0) is 44.6 Å². The molecule has 39 heavy (non-hydrogen) atoms. The lowest BCUT2D eigenvalue weighted by Crippen LogP contribution is -2.65. The van der Waals surface area contributed by atoms with Gasteiger partial charge in [-0.1, -0.05) is 30.3 Å². The fraction of sp³-hybridized carbons (Fsp3) is 0.741. The number of carbonyl (C=O) groups is 1. The highest BCUT2D eigenvalue weighted by Crippen LogP contribution is 2.44. The van der Waals surface area contributed by atoms with E-state index in [4.69, 9.17) is 33.2 Å². The first kappa shape index (κ1) is 28.8. The second kappa shape index (κ2) is 11.3. The van der Waals surface area contributed by atoms with Crippen molar-refractivity contribution in [2.24, 2.45) is 0 Å². The average Bonchev–Trinajstić information content (AvgIpc) is 3.37. The molecule has 4 N–H and O–H groups in total. The van der Waals surface area contributed by atoms with E-state index in [2.05, 4.69) is 10.6 Å². The van der Waals surface area contributed by atoms with E-state index in [-0.39, 0.29) is 25.2 Å². The Kier molecular flexibility index (Phi) is 8.33. The highest BCUT2D eigenvalue weighted by atomic mass is 16.9. The fourth-order valence-electron chi connectivity index (χ4n) is 5.61. The van der Waals surface area contributed by atoms with Crippen LogP contribution in [0, 0.1) is 0 Å². The Morgan fingerprint density at radius 1 is 0.872 bits per heavy atom. The summed E-state index contributed by atoms with van der Waals surface area (Å²) in [5, 5.41) is 27.6. The monoisotopic (exact) mass is 552 g/mol. The molecule has 0 saturated carbocycles. The van der Waals surface area contributed by atoms with Gasteiger partial charge in [0.05, 0.1) is 6.61 Å². The first-order valence-electron chi connectivity index (χ1n) is 13.4. The molecule has 4 aliphatic rings. The van der Waals surface area contributed by atoms with Gasteiger partial charge >= 0.3 is 0 Å². The van der Waals surface area contributed by atoms with E-state index < -0.39 is 66.8 Å². The normalized spacial score (nSPS) is 40.6. The lowest BCUT2D eigenvalue weighted by molar-refractivity contribution is -0.267. The number of hydrogen-bond donors (Lipinski definition) is 4. The molecule has 0 radical (unpaired) electrons. The molecule has 12 nitrogen and oxygen atoms in total. The number of fused-ring (bicyclic) bond motifs is 3. The summed E-state index contributed by atoms with van der Waals surface area (Å²) in [6.07, 6.45) is -6.61. The summed E-state index contributed by atoms with van der Waals surface area (Å²) in [6, 6.07) is 8.54. The van der Waals surface area contributed by atoms with E-state index in [1.165, 1.54) is 6.92 Å². The van der Waals surface area contributed by atoms with E-state index in [0.29, 0.717) is 6.54 Å². The molecular formula is C27H40N2O10. The van der Waals surface area contributed by atoms with Gasteiger partial charge < -0.3 is 54.0 Å². The summed E-state index contributed by atoms with van der Waals surface area (Å²) >= 11 is 0. The number of aliphatic hydroxyl groups excluding tert-OH is 2. The zero-order valence-corrected chi connectivity index (χ0v) is 22.9. The van der Waals surface area contributed by atoms with Crippen molar-refractivity contribution in [2.45, 2.75) is 114 Å². The first-order valence-corrected chi connectivity index (χ1v) is 13.4. The molecule has 0 bridgehead atoms. The molecular weight excluding hydrogens is 512 g/mol. The molecule has 5 rings (SSSR count). The van der Waals surface area contributed by atoms with Crippen molar-refractivity contribution in [1.82, 2.24) is 10.6 Å². The van der Waals surface area contributed by atoms with Crippen LogP contribution in [0.1, 0.15) is 40.2 Å². The minimum absolute atomic E-state index is 0.175. The summed E-state index contributed by atoms with van der Waals surface area (Å²) in [4.78, 5) is 11.8. The first-order chi connectivity index (χ1) is 18.4. The number of rotatable bonds is 8. The summed E-state index contributed by atoms with van der Waals surface area (Å²) in [5.74, 6) is -1.99. The van der Waals surface area contributed by atoms with Crippen molar-refractivity contribution in [3.05, 3.63) is 35.9 Å². The maximum absolute atomic E-state index is 11.8. The molecule has 4 saturated heterocycles. The maximum Gasteiger partial charge on any atom is 0.217 e. The maximum atomic E-state index is 11.8. The van der Waals surface area contributed by atoms with Crippen LogP contribution in [0.5, 0.6) is 0 Å². The van der Waals surface area contributed by atoms with Gasteiger partial charge in [-0.15, -0.1) is 0 Å². The standard InChI is InChI=1S/C27H40N2O10/c1-14(30)29-18-20(32)19(31)16(34-24(18)33-13-15-9-7-6-8-10-15)11-28-12-17-21-22(37-26(2,3)36-21)23-25(35-17)39-27(4,5)38-23/h6-10,16-25,28,31-32H,11-13H2,1-5H3,(H,29,30)/t16-,17-,18-,19-,20-,21+,22+,23-,24+,25-/m1/s1. The Labute approximate surface area is 228 Å². The third-order valence-electron chi connectivity index (χ3n) is 7.27. The predicted octanol–water partition coefficient (Wildman–Crippen LogP) is 0.141. The summed E-state index contributed by atoms with van der Waals surface area (Å²) in [5.41, 5.74) is 0.906. The quantitative estimate of drug-likeness (QED) is 0.349. The van der Waals surface area contributed by atoms with Crippen molar-refractivity contribution in [2.75, 3.05) is 13.1 Å². The largest absolute Gasteiger partial charge is 0.388 e. The van der Waals surface area contributed by atoms with Gasteiger partial charge in [-0.25, -0.2) is 0 Å². The van der Waals surface area contributed by atoms with Crippen LogP contribution in [0.2, 0.25) is 0 Å². The van der Waals surface area contributed by atoms with Gasteiger partial charge in [0.1, 0.15) is 48.8 Å². The molecule has 0 aromatic heterocycles. The Morgan fingerprint density at radius 3 is 2.23 bits per heavy atom. The van der Waals surface area contributed by atoms with Crippen LogP contribution in [0.25, 0.3) is 0 Å². The molecule has 1 amide bonds. The fourth-order valence-corrected chi connectivity index (χ4v) is 5.61. The second-order valence-electron chi connectivity index (χ2n) is 11.4. The number of benzene rings is 1. The van der Waals surface area contributed by atoms with Gasteiger partial charge in [0.15, 0.2) is 24.2 Å². The third kappa shape index (κ3) is 6.46. The van der Waals surface area contributed by atoms with Gasteiger partial charge in [0.2, 0.25) is 5.91 Å². The molecule has 1 aromatic rings. The Hall–Kier alpha value is -1.71. The van der Waals surface area contributed by atoms with E-state index in [1.54, 1.807) is 0 Å². The minimum Gasteiger partial charge on any atom is -0.388 e. The van der Waals surface area contributed by atoms with Gasteiger partial charge in [-0.05, 0) is 33.3 Å². The van der Waals surface area contributed by atoms with Crippen molar-refractivity contribution in [3.8, 4) is 0 Å². The lowest BCUT2D eigenvalue weighted by Gasteiger charge is -2.43. The minimum atomic E-state index is -1.30. The number of carbonyl (C=O) groups excluding carboxylic acids is 1. The number of amides is 1. The SMILES string of the molecule is CC(=O)N[C@H]1[C@@H](OCc2ccccc2)O[C@H](CNC[C@H]2O[C@@H]3OC(C)(C)O[C@@H]3[C@H]3OC(C)(C)O[C@H]32)[C@@H](O)[C@@H]1O. The zero-order valence-electron chi connectivity index (χ0n) is 22.9. The van der Waals surface area contributed by atoms with E-state index >= 15 is 0 Å².